The molecule has 1 aliphatic carbocycles. The average molecular weight is 484 g/mol. The number of aromatic hydroxyl groups is 1. The Morgan fingerprint density at radius 3 is 2.53 bits per heavy atom. The molecule has 2 heterocycles. The fourth-order valence-corrected chi connectivity index (χ4v) is 5.32. The molecule has 0 spiro atoms. The molecule has 1 saturated carbocycles. The first-order chi connectivity index (χ1) is 16.0. The molecule has 34 heavy (non-hydrogen) atoms. The van der Waals surface area contributed by atoms with Gasteiger partial charge in [0.1, 0.15) is 11.3 Å². The van der Waals surface area contributed by atoms with E-state index in [2.05, 4.69) is 9.71 Å². The Kier molecular flexibility index (Phi) is 4.91. The van der Waals surface area contributed by atoms with Crippen LogP contribution in [0.25, 0.3) is 10.9 Å². The van der Waals surface area contributed by atoms with Crippen molar-refractivity contribution in [3.63, 3.8) is 0 Å². The topological polar surface area (TPSA) is 117 Å². The molecule has 2 amide bonds. The molecular formula is C24H22FN3O5S. The number of halogens is 1. The lowest BCUT2D eigenvalue weighted by Gasteiger charge is -2.21. The van der Waals surface area contributed by atoms with Crippen LogP contribution in [-0.2, 0) is 33.2 Å². The maximum atomic E-state index is 13.3. The highest BCUT2D eigenvalue weighted by Crippen LogP contribution is 2.55. The summed E-state index contributed by atoms with van der Waals surface area (Å²) < 4.78 is 39.0. The average Bonchev–Trinajstić information content (AvgIpc) is 3.50. The van der Waals surface area contributed by atoms with E-state index in [0.29, 0.717) is 35.8 Å². The van der Waals surface area contributed by atoms with Crippen molar-refractivity contribution in [1.29, 1.82) is 0 Å². The molecule has 8 nitrogen and oxygen atoms in total. The van der Waals surface area contributed by atoms with Crippen molar-refractivity contribution >= 4 is 32.7 Å². The van der Waals surface area contributed by atoms with Crippen LogP contribution in [0.3, 0.4) is 0 Å². The monoisotopic (exact) mass is 483 g/mol. The largest absolute Gasteiger partial charge is 0.505 e. The normalized spacial score (nSPS) is 16.6. The van der Waals surface area contributed by atoms with Crippen molar-refractivity contribution in [2.24, 2.45) is 0 Å². The highest BCUT2D eigenvalue weighted by Gasteiger charge is 2.55. The number of sulfonamides is 1. The van der Waals surface area contributed by atoms with Gasteiger partial charge in [0.05, 0.1) is 17.2 Å². The van der Waals surface area contributed by atoms with Crippen LogP contribution in [-0.4, -0.2) is 48.5 Å². The number of phenols is 1. The van der Waals surface area contributed by atoms with Crippen LogP contribution in [0.2, 0.25) is 0 Å². The van der Waals surface area contributed by atoms with Crippen LogP contribution in [0.4, 0.5) is 4.39 Å². The number of benzene rings is 2. The number of aromatic nitrogens is 1. The van der Waals surface area contributed by atoms with Crippen LogP contribution >= 0.6 is 0 Å². The van der Waals surface area contributed by atoms with Crippen LogP contribution in [0, 0.1) is 5.82 Å². The van der Waals surface area contributed by atoms with Gasteiger partial charge in [0, 0.05) is 25.2 Å². The first-order valence-electron chi connectivity index (χ1n) is 10.7. The number of phenolic OH excluding ortho intramolecular Hbond substituents is 1. The van der Waals surface area contributed by atoms with Crippen molar-refractivity contribution in [3.05, 3.63) is 70.2 Å². The Labute approximate surface area is 195 Å². The Hall–Kier alpha value is -3.53. The molecule has 0 saturated heterocycles. The minimum absolute atomic E-state index is 0.0993. The highest BCUT2D eigenvalue weighted by atomic mass is 32.2. The lowest BCUT2D eigenvalue weighted by molar-refractivity contribution is -0.121. The summed E-state index contributed by atoms with van der Waals surface area (Å²) in [7, 11) is -2.20. The molecule has 5 rings (SSSR count). The van der Waals surface area contributed by atoms with Crippen LogP contribution in [0.15, 0.2) is 36.5 Å². The summed E-state index contributed by atoms with van der Waals surface area (Å²) in [5, 5.41) is 11.5. The van der Waals surface area contributed by atoms with E-state index >= 15 is 0 Å². The molecule has 1 aliphatic heterocycles. The molecule has 1 fully saturated rings. The van der Waals surface area contributed by atoms with E-state index in [4.69, 9.17) is 0 Å². The summed E-state index contributed by atoms with van der Waals surface area (Å²) >= 11 is 0. The standard InChI is InChI=1S/C24H22FN3O5S/c1-28-12-17-18(22(28)30)21(29)20-16(19(17)24(7-8-24)23(31)27-34(2,32)33)10-14(11-26-20)9-13-3-5-15(25)6-4-13/h3-6,10-11,29H,7-9,12H2,1-2H3,(H,27,31). The van der Waals surface area contributed by atoms with Gasteiger partial charge in [-0.1, -0.05) is 12.1 Å². The lowest BCUT2D eigenvalue weighted by Crippen LogP contribution is -2.38. The molecule has 2 aliphatic rings. The van der Waals surface area contributed by atoms with Gasteiger partial charge in [-0.05, 0) is 59.7 Å². The Balaban J connectivity index is 1.72. The number of nitrogens with zero attached hydrogens (tertiary/aromatic N) is 2. The minimum Gasteiger partial charge on any atom is -0.505 e. The van der Waals surface area contributed by atoms with E-state index in [1.165, 1.54) is 17.0 Å². The molecule has 1 aromatic heterocycles. The zero-order chi connectivity index (χ0) is 24.4. The number of nitrogens with one attached hydrogen (secondary N) is 1. The van der Waals surface area contributed by atoms with Gasteiger partial charge in [0.2, 0.25) is 15.9 Å². The quantitative estimate of drug-likeness (QED) is 0.576. The van der Waals surface area contributed by atoms with Crippen molar-refractivity contribution < 1.29 is 27.5 Å². The van der Waals surface area contributed by atoms with Crippen LogP contribution in [0.1, 0.15) is 45.5 Å². The molecule has 3 aromatic rings. The molecule has 0 bridgehead atoms. The highest BCUT2D eigenvalue weighted by molar-refractivity contribution is 7.89. The van der Waals surface area contributed by atoms with E-state index < -0.39 is 21.3 Å². The van der Waals surface area contributed by atoms with Crippen molar-refractivity contribution in [2.45, 2.75) is 31.2 Å². The summed E-state index contributed by atoms with van der Waals surface area (Å²) in [4.78, 5) is 31.8. The van der Waals surface area contributed by atoms with Crippen molar-refractivity contribution in [3.8, 4) is 5.75 Å². The summed E-state index contributed by atoms with van der Waals surface area (Å²) in [5.41, 5.74) is 1.79. The predicted molar refractivity (Wildman–Crippen MR) is 122 cm³/mol. The van der Waals surface area contributed by atoms with E-state index in [1.54, 1.807) is 31.4 Å². The number of carbonyl (C=O) groups excluding carboxylic acids is 2. The lowest BCUT2D eigenvalue weighted by atomic mass is 9.84. The molecule has 0 radical (unpaired) electrons. The molecule has 10 heteroatoms. The zero-order valence-corrected chi connectivity index (χ0v) is 19.4. The fourth-order valence-electron chi connectivity index (χ4n) is 4.79. The molecule has 176 valence electrons. The molecule has 2 N–H and O–H groups in total. The van der Waals surface area contributed by atoms with E-state index in [-0.39, 0.29) is 35.1 Å². The van der Waals surface area contributed by atoms with Crippen molar-refractivity contribution in [2.75, 3.05) is 13.3 Å². The Morgan fingerprint density at radius 2 is 1.91 bits per heavy atom. The third kappa shape index (κ3) is 3.58. The number of hydrogen-bond donors (Lipinski definition) is 2. The maximum Gasteiger partial charge on any atom is 0.258 e. The fraction of sp³-hybridized carbons (Fsp3) is 0.292. The summed E-state index contributed by atoms with van der Waals surface area (Å²) in [6, 6.07) is 7.86. The Bertz CT molecular complexity index is 1480. The number of amides is 2. The third-order valence-corrected chi connectivity index (χ3v) is 7.05. The van der Waals surface area contributed by atoms with Gasteiger partial charge in [-0.15, -0.1) is 0 Å². The predicted octanol–water partition coefficient (Wildman–Crippen LogP) is 2.36. The third-order valence-electron chi connectivity index (χ3n) is 6.50. The molecule has 0 unspecified atom stereocenters. The first kappa shape index (κ1) is 22.3. The summed E-state index contributed by atoms with van der Waals surface area (Å²) in [6.45, 7) is 0.184. The SMILES string of the molecule is CN1Cc2c(c(O)c3ncc(Cc4ccc(F)cc4)cc3c2C2(C(=O)NS(C)(=O)=O)CC2)C1=O. The second-order valence-corrected chi connectivity index (χ2v) is 10.8. The second-order valence-electron chi connectivity index (χ2n) is 9.07. The number of pyridine rings is 1. The number of fused-ring (bicyclic) bond motifs is 2. The smallest absolute Gasteiger partial charge is 0.258 e. The number of carbonyl (C=O) groups is 2. The first-order valence-corrected chi connectivity index (χ1v) is 12.6. The van der Waals surface area contributed by atoms with Gasteiger partial charge in [0.15, 0.2) is 5.75 Å². The van der Waals surface area contributed by atoms with E-state index in [0.717, 1.165) is 17.4 Å². The van der Waals surface area contributed by atoms with E-state index in [1.807, 2.05) is 0 Å². The molecule has 0 atom stereocenters. The van der Waals surface area contributed by atoms with Gasteiger partial charge in [-0.2, -0.15) is 0 Å². The molecule has 2 aromatic carbocycles. The van der Waals surface area contributed by atoms with Crippen LogP contribution < -0.4 is 4.72 Å². The van der Waals surface area contributed by atoms with Gasteiger partial charge in [-0.3, -0.25) is 19.3 Å². The van der Waals surface area contributed by atoms with E-state index in [9.17, 15) is 27.5 Å². The second kappa shape index (κ2) is 7.49. The van der Waals surface area contributed by atoms with Gasteiger partial charge < -0.3 is 10.0 Å². The zero-order valence-electron chi connectivity index (χ0n) is 18.6. The maximum absolute atomic E-state index is 13.3. The van der Waals surface area contributed by atoms with Gasteiger partial charge in [-0.25, -0.2) is 12.8 Å². The molecular weight excluding hydrogens is 461 g/mol. The Morgan fingerprint density at radius 1 is 1.24 bits per heavy atom. The summed E-state index contributed by atoms with van der Waals surface area (Å²) in [6.07, 6.45) is 3.73. The minimum atomic E-state index is -3.80. The summed E-state index contributed by atoms with van der Waals surface area (Å²) in [5.74, 6) is -1.64. The number of rotatable bonds is 5. The van der Waals surface area contributed by atoms with Crippen LogP contribution in [0.5, 0.6) is 5.75 Å². The van der Waals surface area contributed by atoms with Crippen molar-refractivity contribution in [1.82, 2.24) is 14.6 Å². The van der Waals surface area contributed by atoms with Gasteiger partial charge >= 0.3 is 0 Å². The van der Waals surface area contributed by atoms with Gasteiger partial charge in [0.25, 0.3) is 5.91 Å². The number of hydrogen-bond acceptors (Lipinski definition) is 6.